The van der Waals surface area contributed by atoms with Crippen LogP contribution in [-0.2, 0) is 16.1 Å². The molecule has 1 aliphatic rings. The number of nitrogens with zero attached hydrogens (tertiary/aromatic N) is 2. The molecule has 28 heavy (non-hydrogen) atoms. The molecule has 0 spiro atoms. The van der Waals surface area contributed by atoms with Gasteiger partial charge in [0.2, 0.25) is 5.91 Å². The predicted octanol–water partition coefficient (Wildman–Crippen LogP) is 2.94. The SMILES string of the molecule is CC(C)CN1CC(OCc2cccc(F)c2)CN(C(=O)c2ccoc2)CC1=O. The van der Waals surface area contributed by atoms with Crippen molar-refractivity contribution < 1.29 is 23.1 Å². The van der Waals surface area contributed by atoms with Crippen LogP contribution in [0.25, 0.3) is 0 Å². The minimum atomic E-state index is -0.371. The molecule has 1 saturated heterocycles. The normalized spacial score (nSPS) is 17.9. The highest BCUT2D eigenvalue weighted by molar-refractivity contribution is 5.96. The third-order valence-corrected chi connectivity index (χ3v) is 4.54. The highest BCUT2D eigenvalue weighted by Gasteiger charge is 2.31. The number of amides is 2. The number of ether oxygens (including phenoxy) is 1. The Labute approximate surface area is 163 Å². The van der Waals surface area contributed by atoms with Gasteiger partial charge in [-0.15, -0.1) is 0 Å². The minimum absolute atomic E-state index is 0.00341. The number of carbonyl (C=O) groups excluding carboxylic acids is 2. The zero-order valence-corrected chi connectivity index (χ0v) is 16.1. The molecule has 3 rings (SSSR count). The number of hydrogen-bond donors (Lipinski definition) is 0. The fourth-order valence-corrected chi connectivity index (χ4v) is 3.27. The molecule has 2 aromatic rings. The lowest BCUT2D eigenvalue weighted by molar-refractivity contribution is -0.132. The lowest BCUT2D eigenvalue weighted by atomic mass is 10.2. The number of furan rings is 1. The van der Waals surface area contributed by atoms with E-state index < -0.39 is 0 Å². The summed E-state index contributed by atoms with van der Waals surface area (Å²) in [7, 11) is 0. The summed E-state index contributed by atoms with van der Waals surface area (Å²) in [4.78, 5) is 28.7. The van der Waals surface area contributed by atoms with E-state index in [9.17, 15) is 14.0 Å². The highest BCUT2D eigenvalue weighted by Crippen LogP contribution is 2.16. The Balaban J connectivity index is 1.75. The lowest BCUT2D eigenvalue weighted by Crippen LogP contribution is -2.40. The number of halogens is 1. The molecule has 1 aromatic carbocycles. The molecule has 2 heterocycles. The zero-order chi connectivity index (χ0) is 20.1. The van der Waals surface area contributed by atoms with Gasteiger partial charge >= 0.3 is 0 Å². The van der Waals surface area contributed by atoms with Gasteiger partial charge in [0.1, 0.15) is 18.6 Å². The number of carbonyl (C=O) groups is 2. The molecule has 1 atom stereocenters. The van der Waals surface area contributed by atoms with Gasteiger partial charge in [-0.25, -0.2) is 4.39 Å². The molecular weight excluding hydrogens is 363 g/mol. The van der Waals surface area contributed by atoms with Crippen LogP contribution in [0.15, 0.2) is 47.3 Å². The van der Waals surface area contributed by atoms with Crippen LogP contribution >= 0.6 is 0 Å². The molecule has 1 aliphatic heterocycles. The molecule has 1 fully saturated rings. The van der Waals surface area contributed by atoms with E-state index >= 15 is 0 Å². The smallest absolute Gasteiger partial charge is 0.257 e. The van der Waals surface area contributed by atoms with E-state index in [1.807, 2.05) is 13.8 Å². The first-order valence-electron chi connectivity index (χ1n) is 9.37. The third-order valence-electron chi connectivity index (χ3n) is 4.54. The van der Waals surface area contributed by atoms with Gasteiger partial charge in [-0.2, -0.15) is 0 Å². The van der Waals surface area contributed by atoms with Crippen molar-refractivity contribution >= 4 is 11.8 Å². The van der Waals surface area contributed by atoms with Crippen molar-refractivity contribution in [2.45, 2.75) is 26.6 Å². The summed E-state index contributed by atoms with van der Waals surface area (Å²) in [6, 6.07) is 7.79. The van der Waals surface area contributed by atoms with Crippen molar-refractivity contribution in [1.82, 2.24) is 9.80 Å². The van der Waals surface area contributed by atoms with Gasteiger partial charge in [-0.05, 0) is 29.7 Å². The maximum atomic E-state index is 13.4. The maximum absolute atomic E-state index is 13.4. The fourth-order valence-electron chi connectivity index (χ4n) is 3.27. The van der Waals surface area contributed by atoms with Gasteiger partial charge in [-0.1, -0.05) is 26.0 Å². The van der Waals surface area contributed by atoms with Crippen molar-refractivity contribution in [1.29, 1.82) is 0 Å². The first kappa shape index (κ1) is 20.1. The van der Waals surface area contributed by atoms with Gasteiger partial charge in [0.15, 0.2) is 0 Å². The van der Waals surface area contributed by atoms with E-state index in [-0.39, 0.29) is 43.4 Å². The first-order chi connectivity index (χ1) is 13.4. The third kappa shape index (κ3) is 5.19. The molecule has 0 saturated carbocycles. The highest BCUT2D eigenvalue weighted by atomic mass is 19.1. The van der Waals surface area contributed by atoms with Gasteiger partial charge in [0.25, 0.3) is 5.91 Å². The Hall–Kier alpha value is -2.67. The summed E-state index contributed by atoms with van der Waals surface area (Å²) in [5, 5.41) is 0. The van der Waals surface area contributed by atoms with Crippen LogP contribution < -0.4 is 0 Å². The molecule has 0 N–H and O–H groups in total. The Morgan fingerprint density at radius 3 is 2.82 bits per heavy atom. The average molecular weight is 388 g/mol. The van der Waals surface area contributed by atoms with E-state index in [0.29, 0.717) is 30.1 Å². The Morgan fingerprint density at radius 2 is 2.14 bits per heavy atom. The van der Waals surface area contributed by atoms with Gasteiger partial charge in [0.05, 0.1) is 24.5 Å². The van der Waals surface area contributed by atoms with E-state index in [1.54, 1.807) is 23.1 Å². The van der Waals surface area contributed by atoms with Crippen molar-refractivity contribution in [2.24, 2.45) is 5.92 Å². The summed E-state index contributed by atoms with van der Waals surface area (Å²) in [6.45, 7) is 5.54. The van der Waals surface area contributed by atoms with Crippen molar-refractivity contribution in [3.05, 3.63) is 59.8 Å². The van der Waals surface area contributed by atoms with Crippen LogP contribution in [0, 0.1) is 11.7 Å². The van der Waals surface area contributed by atoms with E-state index in [4.69, 9.17) is 9.15 Å². The van der Waals surface area contributed by atoms with Crippen molar-refractivity contribution in [3.8, 4) is 0 Å². The second-order valence-corrected chi connectivity index (χ2v) is 7.45. The topological polar surface area (TPSA) is 63.0 Å². The van der Waals surface area contributed by atoms with Gasteiger partial charge < -0.3 is 19.0 Å². The molecule has 2 amide bonds. The monoisotopic (exact) mass is 388 g/mol. The van der Waals surface area contributed by atoms with Crippen molar-refractivity contribution in [2.75, 3.05) is 26.2 Å². The predicted molar refractivity (Wildman–Crippen MR) is 101 cm³/mol. The van der Waals surface area contributed by atoms with Crippen LogP contribution in [0.2, 0.25) is 0 Å². The Morgan fingerprint density at radius 1 is 1.32 bits per heavy atom. The Kier molecular flexibility index (Phi) is 6.46. The summed E-state index contributed by atoms with van der Waals surface area (Å²) >= 11 is 0. The maximum Gasteiger partial charge on any atom is 0.257 e. The average Bonchev–Trinajstić information content (AvgIpc) is 3.13. The van der Waals surface area contributed by atoms with Crippen LogP contribution in [0.4, 0.5) is 4.39 Å². The van der Waals surface area contributed by atoms with Crippen LogP contribution in [0.3, 0.4) is 0 Å². The standard InChI is InChI=1S/C21H25FN2O4/c1-15(2)9-23-10-19(28-13-16-4-3-5-18(22)8-16)11-24(12-20(23)25)21(26)17-6-7-27-14-17/h3-8,14-15,19H,9-13H2,1-2H3. The van der Waals surface area contributed by atoms with Gasteiger partial charge in [-0.3, -0.25) is 9.59 Å². The first-order valence-corrected chi connectivity index (χ1v) is 9.37. The molecule has 0 bridgehead atoms. The quantitative estimate of drug-likeness (QED) is 0.763. The summed E-state index contributed by atoms with van der Waals surface area (Å²) in [5.41, 5.74) is 1.10. The largest absolute Gasteiger partial charge is 0.472 e. The number of benzene rings is 1. The lowest BCUT2D eigenvalue weighted by Gasteiger charge is -2.26. The van der Waals surface area contributed by atoms with Crippen LogP contribution in [0.1, 0.15) is 29.8 Å². The van der Waals surface area contributed by atoms with E-state index in [2.05, 4.69) is 0 Å². The van der Waals surface area contributed by atoms with E-state index in [0.717, 1.165) is 0 Å². The second kappa shape index (κ2) is 9.01. The second-order valence-electron chi connectivity index (χ2n) is 7.45. The molecule has 1 aromatic heterocycles. The minimum Gasteiger partial charge on any atom is -0.472 e. The van der Waals surface area contributed by atoms with Gasteiger partial charge in [0, 0.05) is 19.6 Å². The fraction of sp³-hybridized carbons (Fsp3) is 0.429. The number of rotatable bonds is 6. The molecule has 7 heteroatoms. The molecule has 6 nitrogen and oxygen atoms in total. The number of hydrogen-bond acceptors (Lipinski definition) is 4. The van der Waals surface area contributed by atoms with Crippen molar-refractivity contribution in [3.63, 3.8) is 0 Å². The molecule has 0 aliphatic carbocycles. The molecule has 0 radical (unpaired) electrons. The zero-order valence-electron chi connectivity index (χ0n) is 16.1. The Bertz CT molecular complexity index is 806. The molecule has 1 unspecified atom stereocenters. The molecular formula is C21H25FN2O4. The van der Waals surface area contributed by atoms with Crippen LogP contribution in [0.5, 0.6) is 0 Å². The van der Waals surface area contributed by atoms with E-state index in [1.165, 1.54) is 29.6 Å². The van der Waals surface area contributed by atoms with Crippen LogP contribution in [-0.4, -0.2) is 53.9 Å². The summed E-state index contributed by atoms with van der Waals surface area (Å²) in [5.74, 6) is -0.408. The molecule has 150 valence electrons. The summed E-state index contributed by atoms with van der Waals surface area (Å²) in [6.07, 6.45) is 2.42. The summed E-state index contributed by atoms with van der Waals surface area (Å²) < 4.78 is 24.4.